The molecular formula is C24H17N3O7. The van der Waals surface area contributed by atoms with E-state index in [-0.39, 0.29) is 33.8 Å². The quantitative estimate of drug-likeness (QED) is 0.476. The van der Waals surface area contributed by atoms with Gasteiger partial charge >= 0.3 is 11.9 Å². The van der Waals surface area contributed by atoms with Crippen molar-refractivity contribution in [2.75, 3.05) is 5.01 Å². The van der Waals surface area contributed by atoms with Crippen LogP contribution in [0.3, 0.4) is 0 Å². The van der Waals surface area contributed by atoms with Crippen molar-refractivity contribution in [3.8, 4) is 11.3 Å². The number of anilines is 1. The highest BCUT2D eigenvalue weighted by Crippen LogP contribution is 2.29. The summed E-state index contributed by atoms with van der Waals surface area (Å²) in [5, 5.41) is 24.0. The lowest BCUT2D eigenvalue weighted by atomic mass is 10.0. The largest absolute Gasteiger partial charge is 0.478 e. The summed E-state index contributed by atoms with van der Waals surface area (Å²) in [5.74, 6) is -3.02. The smallest absolute Gasteiger partial charge is 0.335 e. The average molecular weight is 459 g/mol. The van der Waals surface area contributed by atoms with Crippen molar-refractivity contribution in [1.82, 2.24) is 0 Å². The summed E-state index contributed by atoms with van der Waals surface area (Å²) < 4.78 is 5.74. The van der Waals surface area contributed by atoms with Gasteiger partial charge < -0.3 is 20.4 Å². The van der Waals surface area contributed by atoms with Crippen LogP contribution in [0.5, 0.6) is 0 Å². The lowest BCUT2D eigenvalue weighted by Gasteiger charge is -2.11. The van der Waals surface area contributed by atoms with Crippen molar-refractivity contribution in [2.24, 2.45) is 10.8 Å². The van der Waals surface area contributed by atoms with Crippen LogP contribution in [0, 0.1) is 0 Å². The summed E-state index contributed by atoms with van der Waals surface area (Å²) in [4.78, 5) is 46.9. The van der Waals surface area contributed by atoms with E-state index in [4.69, 9.17) is 10.2 Å². The maximum atomic E-state index is 12.9. The van der Waals surface area contributed by atoms with E-state index < -0.39 is 23.8 Å². The Morgan fingerprint density at radius 2 is 1.56 bits per heavy atom. The van der Waals surface area contributed by atoms with Gasteiger partial charge in [0, 0.05) is 11.1 Å². The summed E-state index contributed by atoms with van der Waals surface area (Å²) in [6, 6.07) is 12.9. The second kappa shape index (κ2) is 8.51. The molecule has 0 saturated carbocycles. The molecule has 0 saturated heterocycles. The Morgan fingerprint density at radius 3 is 2.12 bits per heavy atom. The number of hydrogen-bond acceptors (Lipinski definition) is 6. The summed E-state index contributed by atoms with van der Waals surface area (Å²) in [6.45, 7) is 1.65. The molecule has 0 bridgehead atoms. The van der Waals surface area contributed by atoms with Gasteiger partial charge in [-0.2, -0.15) is 10.1 Å². The molecule has 3 aromatic rings. The predicted molar refractivity (Wildman–Crippen MR) is 122 cm³/mol. The van der Waals surface area contributed by atoms with E-state index in [1.807, 2.05) is 0 Å². The predicted octanol–water partition coefficient (Wildman–Crippen LogP) is 3.25. The van der Waals surface area contributed by atoms with E-state index in [0.29, 0.717) is 17.0 Å². The van der Waals surface area contributed by atoms with Crippen LogP contribution in [0.2, 0.25) is 0 Å². The summed E-state index contributed by atoms with van der Waals surface area (Å²) in [5.41, 5.74) is 6.56. The first-order valence-electron chi connectivity index (χ1n) is 9.87. The molecule has 4 N–H and O–H groups in total. The minimum Gasteiger partial charge on any atom is -0.478 e. The van der Waals surface area contributed by atoms with Gasteiger partial charge in [-0.25, -0.2) is 9.59 Å². The van der Waals surface area contributed by atoms with Crippen LogP contribution in [0.4, 0.5) is 5.69 Å². The zero-order valence-electron chi connectivity index (χ0n) is 17.7. The van der Waals surface area contributed by atoms with Gasteiger partial charge in [0.2, 0.25) is 5.91 Å². The highest BCUT2D eigenvalue weighted by molar-refractivity contribution is 6.32. The third-order valence-corrected chi connectivity index (χ3v) is 5.08. The molecule has 2 heterocycles. The van der Waals surface area contributed by atoms with Crippen molar-refractivity contribution in [1.29, 1.82) is 0 Å². The Morgan fingerprint density at radius 1 is 0.941 bits per heavy atom. The first kappa shape index (κ1) is 22.2. The molecule has 170 valence electrons. The first-order chi connectivity index (χ1) is 16.1. The van der Waals surface area contributed by atoms with Crippen LogP contribution < -0.4 is 10.7 Å². The van der Waals surface area contributed by atoms with Crippen molar-refractivity contribution in [3.05, 3.63) is 82.6 Å². The van der Waals surface area contributed by atoms with Gasteiger partial charge in [0.1, 0.15) is 11.5 Å². The van der Waals surface area contributed by atoms with Crippen LogP contribution in [0.1, 0.15) is 43.8 Å². The number of carboxylic acids is 2. The average Bonchev–Trinajstić information content (AvgIpc) is 3.39. The lowest BCUT2D eigenvalue weighted by molar-refractivity contribution is -0.114. The van der Waals surface area contributed by atoms with Gasteiger partial charge in [0.25, 0.3) is 5.91 Å². The minimum atomic E-state index is -1.27. The number of furan rings is 1. The molecule has 10 heteroatoms. The standard InChI is InChI=1S/C24H17N3O7/c1-12-19(22(29)27(26-12)17-4-2-13(3-5-17)21(25)28)11-18-6-7-20(34-18)14-8-15(23(30)31)10-16(9-14)24(32)33/h2-11H,1H3,(H2,25,28)(H,30,31)(H,32,33)/b19-11-. The number of hydrogen-bond donors (Lipinski definition) is 3. The Hall–Kier alpha value is -4.99. The molecule has 2 aromatic carbocycles. The molecule has 0 atom stereocenters. The number of aromatic carboxylic acids is 2. The molecule has 0 aliphatic carbocycles. The number of rotatable bonds is 6. The number of nitrogens with zero attached hydrogens (tertiary/aromatic N) is 2. The fraction of sp³-hybridized carbons (Fsp3) is 0.0417. The number of hydrazone groups is 1. The number of carboxylic acid groups (broad SMARTS) is 2. The highest BCUT2D eigenvalue weighted by atomic mass is 16.4. The molecule has 0 unspecified atom stereocenters. The zero-order valence-corrected chi connectivity index (χ0v) is 17.7. The third-order valence-electron chi connectivity index (χ3n) is 5.08. The van der Waals surface area contributed by atoms with E-state index in [2.05, 4.69) is 5.10 Å². The molecule has 34 heavy (non-hydrogen) atoms. The second-order valence-electron chi connectivity index (χ2n) is 7.38. The molecule has 0 fully saturated rings. The van der Waals surface area contributed by atoms with Gasteiger partial charge in [-0.05, 0) is 67.6 Å². The fourth-order valence-electron chi connectivity index (χ4n) is 3.37. The SMILES string of the molecule is CC1=NN(c2ccc(C(N)=O)cc2)C(=O)/C1=C\c1ccc(-c2cc(C(=O)O)cc(C(=O)O)c2)o1. The third kappa shape index (κ3) is 4.19. The van der Waals surface area contributed by atoms with E-state index in [1.165, 1.54) is 35.4 Å². The van der Waals surface area contributed by atoms with Crippen molar-refractivity contribution in [2.45, 2.75) is 6.92 Å². The molecule has 1 aliphatic heterocycles. The normalized spacial score (nSPS) is 14.4. The number of carbonyl (C=O) groups is 4. The van der Waals surface area contributed by atoms with Crippen LogP contribution in [-0.4, -0.2) is 39.7 Å². The number of carbonyl (C=O) groups excluding carboxylic acids is 2. The molecule has 1 aliphatic rings. The van der Waals surface area contributed by atoms with E-state index in [9.17, 15) is 29.4 Å². The second-order valence-corrected chi connectivity index (χ2v) is 7.38. The van der Waals surface area contributed by atoms with E-state index >= 15 is 0 Å². The van der Waals surface area contributed by atoms with Gasteiger partial charge in [-0.3, -0.25) is 9.59 Å². The van der Waals surface area contributed by atoms with Gasteiger partial charge in [0.05, 0.1) is 28.1 Å². The summed E-state index contributed by atoms with van der Waals surface area (Å²) >= 11 is 0. The van der Waals surface area contributed by atoms with Crippen LogP contribution in [0.25, 0.3) is 17.4 Å². The molecule has 0 radical (unpaired) electrons. The fourth-order valence-corrected chi connectivity index (χ4v) is 3.37. The summed E-state index contributed by atoms with van der Waals surface area (Å²) in [7, 11) is 0. The topological polar surface area (TPSA) is 164 Å². The Bertz CT molecular complexity index is 1380. The Balaban J connectivity index is 1.63. The molecule has 1 aromatic heterocycles. The maximum absolute atomic E-state index is 12.9. The van der Waals surface area contributed by atoms with Crippen molar-refractivity contribution >= 4 is 41.2 Å². The monoisotopic (exact) mass is 459 g/mol. The number of primary amides is 1. The maximum Gasteiger partial charge on any atom is 0.335 e. The molecular weight excluding hydrogens is 442 g/mol. The van der Waals surface area contributed by atoms with E-state index in [1.54, 1.807) is 31.2 Å². The van der Waals surface area contributed by atoms with Crippen LogP contribution >= 0.6 is 0 Å². The van der Waals surface area contributed by atoms with E-state index in [0.717, 1.165) is 6.07 Å². The number of benzene rings is 2. The first-order valence-corrected chi connectivity index (χ1v) is 9.87. The Labute approximate surface area is 192 Å². The summed E-state index contributed by atoms with van der Waals surface area (Å²) in [6.07, 6.45) is 1.49. The van der Waals surface area contributed by atoms with Crippen LogP contribution in [0.15, 0.2) is 69.7 Å². The lowest BCUT2D eigenvalue weighted by Crippen LogP contribution is -2.21. The molecule has 4 rings (SSSR count). The molecule has 2 amide bonds. The van der Waals surface area contributed by atoms with Crippen LogP contribution in [-0.2, 0) is 4.79 Å². The Kier molecular flexibility index (Phi) is 5.56. The van der Waals surface area contributed by atoms with Crippen molar-refractivity contribution in [3.63, 3.8) is 0 Å². The van der Waals surface area contributed by atoms with Crippen molar-refractivity contribution < 1.29 is 33.8 Å². The molecule has 10 nitrogen and oxygen atoms in total. The molecule has 0 spiro atoms. The zero-order chi connectivity index (χ0) is 24.6. The van der Waals surface area contributed by atoms with Gasteiger partial charge in [0.15, 0.2) is 0 Å². The van der Waals surface area contributed by atoms with Gasteiger partial charge in [-0.15, -0.1) is 0 Å². The minimum absolute atomic E-state index is 0.196. The highest BCUT2D eigenvalue weighted by Gasteiger charge is 2.29. The number of amides is 2. The van der Waals surface area contributed by atoms with Gasteiger partial charge in [-0.1, -0.05) is 0 Å². The number of nitrogens with two attached hydrogens (primary N) is 1.